The van der Waals surface area contributed by atoms with Crippen LogP contribution in [0, 0.1) is 6.92 Å². The van der Waals surface area contributed by atoms with Crippen LogP contribution in [-0.2, 0) is 11.4 Å². The number of aryl methyl sites for hydroxylation is 1. The number of ether oxygens (including phenoxy) is 1. The lowest BCUT2D eigenvalue weighted by molar-refractivity contribution is -0.124. The van der Waals surface area contributed by atoms with Gasteiger partial charge in [-0.15, -0.1) is 0 Å². The smallest absolute Gasteiger partial charge is 0.277 e. The highest BCUT2D eigenvalue weighted by atomic mass is 16.5. The van der Waals surface area contributed by atoms with E-state index in [0.717, 1.165) is 5.69 Å². The summed E-state index contributed by atoms with van der Waals surface area (Å²) in [5.41, 5.74) is 1.16. The molecular weight excluding hydrogens is 338 g/mol. The minimum absolute atomic E-state index is 0.0579. The number of aliphatic hydroxyl groups is 1. The van der Waals surface area contributed by atoms with Crippen molar-refractivity contribution >= 4 is 17.5 Å². The van der Waals surface area contributed by atoms with Gasteiger partial charge in [-0.05, 0) is 38.1 Å². The summed E-state index contributed by atoms with van der Waals surface area (Å²) in [6.07, 6.45) is 0. The van der Waals surface area contributed by atoms with Gasteiger partial charge in [0, 0.05) is 18.8 Å². The van der Waals surface area contributed by atoms with Gasteiger partial charge in [0.25, 0.3) is 5.91 Å². The highest BCUT2D eigenvalue weighted by Crippen LogP contribution is 2.25. The predicted molar refractivity (Wildman–Crippen MR) is 93.0 cm³/mol. The van der Waals surface area contributed by atoms with Crippen LogP contribution >= 0.6 is 0 Å². The molecule has 8 heteroatoms. The Kier molecular flexibility index (Phi) is 4.94. The summed E-state index contributed by atoms with van der Waals surface area (Å²) < 4.78 is 10.1. The Labute approximate surface area is 150 Å². The van der Waals surface area contributed by atoms with Crippen molar-refractivity contribution < 1.29 is 24.0 Å². The maximum Gasteiger partial charge on any atom is 0.277 e. The van der Waals surface area contributed by atoms with Crippen LogP contribution in [0.2, 0.25) is 0 Å². The Morgan fingerprint density at radius 3 is 2.65 bits per heavy atom. The van der Waals surface area contributed by atoms with Crippen LogP contribution in [0.15, 0.2) is 28.8 Å². The molecule has 2 heterocycles. The van der Waals surface area contributed by atoms with Crippen LogP contribution < -0.4 is 9.64 Å². The zero-order chi connectivity index (χ0) is 18.8. The van der Waals surface area contributed by atoms with Crippen molar-refractivity contribution in [2.75, 3.05) is 25.1 Å². The number of methoxy groups -OCH3 is 1. The van der Waals surface area contributed by atoms with E-state index >= 15 is 0 Å². The molecule has 0 radical (unpaired) electrons. The number of anilines is 1. The molecular formula is C18H21N3O5. The Hall–Kier alpha value is -2.87. The zero-order valence-electron chi connectivity index (χ0n) is 14.9. The SMILES string of the molecule is COc1ccc(N2CCN(C(=O)c3noc(C)c3CO)[C@@H](C)C2=O)cc1. The summed E-state index contributed by atoms with van der Waals surface area (Å²) in [7, 11) is 1.58. The lowest BCUT2D eigenvalue weighted by Gasteiger charge is -2.38. The van der Waals surface area contributed by atoms with E-state index in [4.69, 9.17) is 9.26 Å². The molecule has 26 heavy (non-hydrogen) atoms. The lowest BCUT2D eigenvalue weighted by atomic mass is 10.1. The van der Waals surface area contributed by atoms with Crippen LogP contribution in [-0.4, -0.2) is 53.2 Å². The predicted octanol–water partition coefficient (Wildman–Crippen LogP) is 1.36. The van der Waals surface area contributed by atoms with Gasteiger partial charge in [-0.3, -0.25) is 9.59 Å². The average Bonchev–Trinajstić information content (AvgIpc) is 3.04. The number of amides is 2. The second-order valence-corrected chi connectivity index (χ2v) is 6.09. The molecule has 3 rings (SSSR count). The second-order valence-electron chi connectivity index (χ2n) is 6.09. The molecule has 0 bridgehead atoms. The van der Waals surface area contributed by atoms with Gasteiger partial charge in [0.1, 0.15) is 17.6 Å². The van der Waals surface area contributed by atoms with E-state index in [2.05, 4.69) is 5.16 Å². The molecule has 2 aromatic rings. The normalized spacial score (nSPS) is 17.5. The number of hydrogen-bond donors (Lipinski definition) is 1. The fraction of sp³-hybridized carbons (Fsp3) is 0.389. The first-order valence-corrected chi connectivity index (χ1v) is 8.30. The van der Waals surface area contributed by atoms with E-state index < -0.39 is 11.9 Å². The van der Waals surface area contributed by atoms with E-state index in [9.17, 15) is 14.7 Å². The highest BCUT2D eigenvalue weighted by molar-refractivity contribution is 6.03. The van der Waals surface area contributed by atoms with Crippen molar-refractivity contribution in [2.24, 2.45) is 0 Å². The number of benzene rings is 1. The van der Waals surface area contributed by atoms with Crippen LogP contribution in [0.1, 0.15) is 28.7 Å². The quantitative estimate of drug-likeness (QED) is 0.885. The summed E-state index contributed by atoms with van der Waals surface area (Å²) in [4.78, 5) is 28.7. The number of carbonyl (C=O) groups is 2. The number of piperazine rings is 1. The summed E-state index contributed by atoms with van der Waals surface area (Å²) >= 11 is 0. The Morgan fingerprint density at radius 1 is 1.35 bits per heavy atom. The van der Waals surface area contributed by atoms with E-state index in [1.54, 1.807) is 38.0 Å². The fourth-order valence-corrected chi connectivity index (χ4v) is 3.05. The molecule has 1 N–H and O–H groups in total. The number of rotatable bonds is 4. The van der Waals surface area contributed by atoms with Gasteiger partial charge >= 0.3 is 0 Å². The molecule has 1 aliphatic heterocycles. The van der Waals surface area contributed by atoms with Gasteiger partial charge in [-0.2, -0.15) is 0 Å². The number of hydrogen-bond acceptors (Lipinski definition) is 6. The van der Waals surface area contributed by atoms with Gasteiger partial charge in [-0.25, -0.2) is 0 Å². The van der Waals surface area contributed by atoms with Crippen molar-refractivity contribution in [1.29, 1.82) is 0 Å². The van der Waals surface area contributed by atoms with Crippen molar-refractivity contribution in [3.05, 3.63) is 41.3 Å². The van der Waals surface area contributed by atoms with E-state index in [1.165, 1.54) is 4.90 Å². The van der Waals surface area contributed by atoms with Crippen molar-refractivity contribution in [1.82, 2.24) is 10.1 Å². The minimum Gasteiger partial charge on any atom is -0.497 e. The third-order valence-corrected chi connectivity index (χ3v) is 4.65. The molecule has 1 aromatic heterocycles. The molecule has 0 unspecified atom stereocenters. The standard InChI is InChI=1S/C18H21N3O5/c1-11-17(23)21(13-4-6-14(25-3)7-5-13)9-8-20(11)18(24)16-15(10-22)12(2)26-19-16/h4-7,11,22H,8-10H2,1-3H3/t11-/m0/s1. The maximum absolute atomic E-state index is 12.8. The van der Waals surface area contributed by atoms with Gasteiger partial charge in [0.05, 0.1) is 19.3 Å². The van der Waals surface area contributed by atoms with E-state index in [-0.39, 0.29) is 18.2 Å². The number of aliphatic hydroxyl groups excluding tert-OH is 1. The minimum atomic E-state index is -0.651. The molecule has 1 aliphatic rings. The molecule has 1 atom stereocenters. The largest absolute Gasteiger partial charge is 0.497 e. The molecule has 0 spiro atoms. The first kappa shape index (κ1) is 17.9. The average molecular weight is 359 g/mol. The van der Waals surface area contributed by atoms with Crippen LogP contribution in [0.5, 0.6) is 5.75 Å². The van der Waals surface area contributed by atoms with Crippen LogP contribution in [0.3, 0.4) is 0 Å². The van der Waals surface area contributed by atoms with Crippen molar-refractivity contribution in [3.8, 4) is 5.75 Å². The highest BCUT2D eigenvalue weighted by Gasteiger charge is 2.37. The zero-order valence-corrected chi connectivity index (χ0v) is 14.9. The summed E-state index contributed by atoms with van der Waals surface area (Å²) in [6, 6.07) is 6.55. The third-order valence-electron chi connectivity index (χ3n) is 4.65. The van der Waals surface area contributed by atoms with Crippen LogP contribution in [0.25, 0.3) is 0 Å². The fourth-order valence-electron chi connectivity index (χ4n) is 3.05. The summed E-state index contributed by atoms with van der Waals surface area (Å²) in [6.45, 7) is 3.69. The summed E-state index contributed by atoms with van der Waals surface area (Å²) in [5.74, 6) is 0.509. The number of aromatic nitrogens is 1. The first-order valence-electron chi connectivity index (χ1n) is 8.30. The third kappa shape index (κ3) is 3.03. The van der Waals surface area contributed by atoms with Crippen LogP contribution in [0.4, 0.5) is 5.69 Å². The van der Waals surface area contributed by atoms with Gasteiger partial charge < -0.3 is 24.2 Å². The molecule has 2 amide bonds. The van der Waals surface area contributed by atoms with E-state index in [1.807, 2.05) is 12.1 Å². The van der Waals surface area contributed by atoms with Crippen molar-refractivity contribution in [2.45, 2.75) is 26.5 Å². The molecule has 1 aromatic carbocycles. The monoisotopic (exact) mass is 359 g/mol. The Balaban J connectivity index is 1.79. The second kappa shape index (κ2) is 7.17. The molecule has 0 saturated carbocycles. The van der Waals surface area contributed by atoms with Gasteiger partial charge in [-0.1, -0.05) is 5.16 Å². The first-order chi connectivity index (χ1) is 12.5. The lowest BCUT2D eigenvalue weighted by Crippen LogP contribution is -2.58. The maximum atomic E-state index is 12.8. The van der Waals surface area contributed by atoms with Gasteiger partial charge in [0.2, 0.25) is 5.91 Å². The van der Waals surface area contributed by atoms with Gasteiger partial charge in [0.15, 0.2) is 5.69 Å². The topological polar surface area (TPSA) is 96.1 Å². The Bertz CT molecular complexity index is 815. The molecule has 0 aliphatic carbocycles. The van der Waals surface area contributed by atoms with E-state index in [0.29, 0.717) is 30.2 Å². The Morgan fingerprint density at radius 2 is 2.04 bits per heavy atom. The van der Waals surface area contributed by atoms with Crippen molar-refractivity contribution in [3.63, 3.8) is 0 Å². The molecule has 8 nitrogen and oxygen atoms in total. The molecule has 1 saturated heterocycles. The number of nitrogens with zero attached hydrogens (tertiary/aromatic N) is 3. The molecule has 138 valence electrons. The molecule has 1 fully saturated rings. The number of carbonyl (C=O) groups excluding carboxylic acids is 2. The summed E-state index contributed by atoms with van der Waals surface area (Å²) in [5, 5.41) is 13.2.